The van der Waals surface area contributed by atoms with Crippen LogP contribution in [0, 0.1) is 4.77 Å². The Labute approximate surface area is 86.4 Å². The Morgan fingerprint density at radius 3 is 2.86 bits per heavy atom. The monoisotopic (exact) mass is 206 g/mol. The van der Waals surface area contributed by atoms with Crippen molar-refractivity contribution in [2.75, 3.05) is 0 Å². The molecule has 0 amide bonds. The van der Waals surface area contributed by atoms with Gasteiger partial charge in [0.1, 0.15) is 0 Å². The van der Waals surface area contributed by atoms with Crippen LogP contribution in [0.5, 0.6) is 0 Å². The first-order valence-electron chi connectivity index (χ1n) is 4.29. The summed E-state index contributed by atoms with van der Waals surface area (Å²) >= 11 is 5.09. The minimum absolute atomic E-state index is 0.0649. The molecule has 0 atom stereocenters. The number of carbonyl (C=O) groups is 1. The van der Waals surface area contributed by atoms with Crippen molar-refractivity contribution in [3.8, 4) is 0 Å². The van der Waals surface area contributed by atoms with E-state index in [1.165, 1.54) is 0 Å². The molecule has 2 rings (SSSR count). The van der Waals surface area contributed by atoms with E-state index in [1.54, 1.807) is 6.92 Å². The number of hydrogen-bond donors (Lipinski definition) is 1. The molecule has 1 N–H and O–H groups in total. The van der Waals surface area contributed by atoms with Crippen LogP contribution < -0.4 is 0 Å². The third kappa shape index (κ3) is 1.28. The molecule has 0 aliphatic carbocycles. The number of fused-ring (bicyclic) bond motifs is 1. The minimum Gasteiger partial charge on any atom is -0.331 e. The van der Waals surface area contributed by atoms with E-state index in [9.17, 15) is 4.79 Å². The van der Waals surface area contributed by atoms with Crippen LogP contribution in [0.4, 0.5) is 0 Å². The van der Waals surface area contributed by atoms with E-state index in [0.717, 1.165) is 11.0 Å². The van der Waals surface area contributed by atoms with Gasteiger partial charge in [-0.2, -0.15) is 0 Å². The van der Waals surface area contributed by atoms with Crippen LogP contribution in [0.15, 0.2) is 18.2 Å². The zero-order chi connectivity index (χ0) is 10.3. The molecule has 0 saturated carbocycles. The van der Waals surface area contributed by atoms with Crippen molar-refractivity contribution in [3.05, 3.63) is 28.5 Å². The number of H-pyrrole nitrogens is 1. The maximum atomic E-state index is 11.1. The van der Waals surface area contributed by atoms with E-state index in [4.69, 9.17) is 12.2 Å². The molecule has 0 spiro atoms. The second-order valence-corrected chi connectivity index (χ2v) is 3.66. The Bertz CT molecular complexity index is 565. The average Bonchev–Trinajstić information content (AvgIpc) is 2.42. The molecule has 1 heterocycles. The second-order valence-electron chi connectivity index (χ2n) is 3.28. The summed E-state index contributed by atoms with van der Waals surface area (Å²) in [6.07, 6.45) is 0. The zero-order valence-corrected chi connectivity index (χ0v) is 8.81. The van der Waals surface area contributed by atoms with E-state index in [-0.39, 0.29) is 5.78 Å². The number of aromatic amines is 1. The highest BCUT2D eigenvalue weighted by molar-refractivity contribution is 7.71. The number of benzene rings is 1. The summed E-state index contributed by atoms with van der Waals surface area (Å²) in [6, 6.07) is 5.54. The number of aryl methyl sites for hydroxylation is 1. The molecule has 14 heavy (non-hydrogen) atoms. The molecule has 0 aliphatic heterocycles. The van der Waals surface area contributed by atoms with Gasteiger partial charge in [0.15, 0.2) is 10.6 Å². The molecule has 0 radical (unpaired) electrons. The number of rotatable bonds is 1. The molecular weight excluding hydrogens is 196 g/mol. The molecule has 72 valence electrons. The van der Waals surface area contributed by atoms with Crippen LogP contribution >= 0.6 is 12.2 Å². The predicted molar refractivity (Wildman–Crippen MR) is 58.1 cm³/mol. The van der Waals surface area contributed by atoms with Gasteiger partial charge < -0.3 is 9.55 Å². The van der Waals surface area contributed by atoms with Crippen molar-refractivity contribution in [3.63, 3.8) is 0 Å². The molecule has 0 saturated heterocycles. The number of hydrogen-bond acceptors (Lipinski definition) is 2. The fourth-order valence-corrected chi connectivity index (χ4v) is 1.66. The number of imidazole rings is 1. The van der Waals surface area contributed by atoms with Crippen LogP contribution in [0.2, 0.25) is 0 Å². The van der Waals surface area contributed by atoms with Crippen molar-refractivity contribution in [2.45, 2.75) is 6.92 Å². The molecule has 3 nitrogen and oxygen atoms in total. The number of nitrogens with one attached hydrogen (secondary N) is 1. The van der Waals surface area contributed by atoms with Gasteiger partial charge in [-0.15, -0.1) is 0 Å². The maximum Gasteiger partial charge on any atom is 0.177 e. The van der Waals surface area contributed by atoms with E-state index in [0.29, 0.717) is 10.3 Å². The first-order valence-corrected chi connectivity index (χ1v) is 4.70. The molecule has 0 aliphatic rings. The van der Waals surface area contributed by atoms with Crippen molar-refractivity contribution in [1.29, 1.82) is 0 Å². The van der Waals surface area contributed by atoms with Gasteiger partial charge in [-0.25, -0.2) is 0 Å². The summed E-state index contributed by atoms with van der Waals surface area (Å²) in [4.78, 5) is 14.2. The third-order valence-electron chi connectivity index (χ3n) is 2.31. The quantitative estimate of drug-likeness (QED) is 0.575. The number of carbonyl (C=O) groups excluding carboxylic acids is 1. The lowest BCUT2D eigenvalue weighted by atomic mass is 10.1. The number of nitrogens with zero attached hydrogens (tertiary/aromatic N) is 1. The van der Waals surface area contributed by atoms with Gasteiger partial charge in [0, 0.05) is 12.6 Å². The molecular formula is C10H10N2OS. The largest absolute Gasteiger partial charge is 0.331 e. The first kappa shape index (κ1) is 9.15. The molecule has 1 aromatic carbocycles. The average molecular weight is 206 g/mol. The summed E-state index contributed by atoms with van der Waals surface area (Å²) in [5.74, 6) is 0.0649. The van der Waals surface area contributed by atoms with E-state index in [1.807, 2.05) is 29.8 Å². The number of ketones is 1. The van der Waals surface area contributed by atoms with Crippen LogP contribution in [0.3, 0.4) is 0 Å². The summed E-state index contributed by atoms with van der Waals surface area (Å²) in [5, 5.41) is 0. The Morgan fingerprint density at radius 1 is 1.50 bits per heavy atom. The lowest BCUT2D eigenvalue weighted by Crippen LogP contribution is -1.91. The topological polar surface area (TPSA) is 37.8 Å². The highest BCUT2D eigenvalue weighted by atomic mass is 32.1. The van der Waals surface area contributed by atoms with Crippen LogP contribution in [-0.4, -0.2) is 15.3 Å². The van der Waals surface area contributed by atoms with Gasteiger partial charge in [0.25, 0.3) is 0 Å². The van der Waals surface area contributed by atoms with Gasteiger partial charge in [0.05, 0.1) is 11.0 Å². The fourth-order valence-electron chi connectivity index (χ4n) is 1.46. The van der Waals surface area contributed by atoms with Crippen molar-refractivity contribution in [1.82, 2.24) is 9.55 Å². The van der Waals surface area contributed by atoms with Crippen LogP contribution in [-0.2, 0) is 7.05 Å². The van der Waals surface area contributed by atoms with E-state index < -0.39 is 0 Å². The molecule has 4 heteroatoms. The smallest absolute Gasteiger partial charge is 0.177 e. The molecule has 2 aromatic rings. The number of Topliss-reactive ketones (excluding diaryl/α,β-unsaturated/α-hetero) is 1. The Morgan fingerprint density at radius 2 is 2.21 bits per heavy atom. The first-order chi connectivity index (χ1) is 6.59. The Kier molecular flexibility index (Phi) is 2.00. The molecule has 0 fully saturated rings. The van der Waals surface area contributed by atoms with Gasteiger partial charge in [-0.1, -0.05) is 0 Å². The van der Waals surface area contributed by atoms with Crippen LogP contribution in [0.25, 0.3) is 11.0 Å². The highest BCUT2D eigenvalue weighted by Crippen LogP contribution is 2.15. The van der Waals surface area contributed by atoms with Crippen molar-refractivity contribution >= 4 is 29.0 Å². The molecule has 0 unspecified atom stereocenters. The Balaban J connectivity index is 2.80. The molecule has 1 aromatic heterocycles. The summed E-state index contributed by atoms with van der Waals surface area (Å²) in [7, 11) is 1.90. The van der Waals surface area contributed by atoms with Crippen molar-refractivity contribution in [2.24, 2.45) is 7.05 Å². The van der Waals surface area contributed by atoms with Crippen LogP contribution in [0.1, 0.15) is 17.3 Å². The van der Waals surface area contributed by atoms with E-state index in [2.05, 4.69) is 4.98 Å². The predicted octanol–water partition coefficient (Wildman–Crippen LogP) is 2.44. The standard InChI is InChI=1S/C10H10N2OS/c1-6(13)7-3-4-9-8(5-7)11-10(14)12(9)2/h3-5H,1-2H3,(H,11,14). The van der Waals surface area contributed by atoms with E-state index >= 15 is 0 Å². The summed E-state index contributed by atoms with van der Waals surface area (Å²) in [6.45, 7) is 1.55. The van der Waals surface area contributed by atoms with Gasteiger partial charge in [-0.05, 0) is 37.3 Å². The fraction of sp³-hybridized carbons (Fsp3) is 0.200. The number of aromatic nitrogens is 2. The van der Waals surface area contributed by atoms with Gasteiger partial charge >= 0.3 is 0 Å². The minimum atomic E-state index is 0.0649. The normalized spacial score (nSPS) is 10.7. The highest BCUT2D eigenvalue weighted by Gasteiger charge is 2.04. The maximum absolute atomic E-state index is 11.1. The summed E-state index contributed by atoms with van der Waals surface area (Å²) < 4.78 is 2.55. The summed E-state index contributed by atoms with van der Waals surface area (Å²) in [5.41, 5.74) is 2.62. The Hall–Kier alpha value is -1.42. The van der Waals surface area contributed by atoms with Crippen molar-refractivity contribution < 1.29 is 4.79 Å². The lowest BCUT2D eigenvalue weighted by molar-refractivity contribution is 0.101. The van der Waals surface area contributed by atoms with Gasteiger partial charge in [0.2, 0.25) is 0 Å². The molecule has 0 bridgehead atoms. The lowest BCUT2D eigenvalue weighted by Gasteiger charge is -1.96. The third-order valence-corrected chi connectivity index (χ3v) is 2.69. The van der Waals surface area contributed by atoms with Gasteiger partial charge in [-0.3, -0.25) is 4.79 Å². The SMILES string of the molecule is CC(=O)c1ccc2c(c1)[nH]c(=S)n2C. The zero-order valence-electron chi connectivity index (χ0n) is 8.00. The second kappa shape index (κ2) is 3.06.